The number of ether oxygens (including phenoxy) is 1. The van der Waals surface area contributed by atoms with E-state index >= 15 is 0 Å². The molecule has 272 valence electrons. The maximum Gasteiger partial charge on any atom is 0.135 e. The second-order valence-electron chi connectivity index (χ2n) is 15.2. The summed E-state index contributed by atoms with van der Waals surface area (Å²) in [5, 5.41) is 2.27. The Morgan fingerprint density at radius 1 is 0.328 bits per heavy atom. The SMILES string of the molecule is c1ccc(N(c2ccc(-c3ccc4oc5ccccc5c4c3)cc2)c2cccc(-c3ccc4c(c3)C3(c5ccccc5Oc5ccccc53)c3ccccc3-4)c2)cc1. The maximum atomic E-state index is 6.59. The third kappa shape index (κ3) is 4.80. The highest BCUT2D eigenvalue weighted by Crippen LogP contribution is 2.62. The summed E-state index contributed by atoms with van der Waals surface area (Å²) in [6.07, 6.45) is 0. The van der Waals surface area contributed by atoms with E-state index in [2.05, 4.69) is 205 Å². The molecule has 3 heteroatoms. The molecule has 0 fully saturated rings. The smallest absolute Gasteiger partial charge is 0.135 e. The van der Waals surface area contributed by atoms with Gasteiger partial charge in [0.25, 0.3) is 0 Å². The average Bonchev–Trinajstić information content (AvgIpc) is 3.80. The molecule has 2 heterocycles. The van der Waals surface area contributed by atoms with Crippen LogP contribution >= 0.6 is 0 Å². The Balaban J connectivity index is 0.974. The van der Waals surface area contributed by atoms with E-state index in [1.807, 2.05) is 12.1 Å². The fourth-order valence-electron chi connectivity index (χ4n) is 9.59. The summed E-state index contributed by atoms with van der Waals surface area (Å²) in [5.74, 6) is 1.80. The predicted octanol–water partition coefficient (Wildman–Crippen LogP) is 14.9. The van der Waals surface area contributed by atoms with Crippen molar-refractivity contribution in [3.05, 3.63) is 235 Å². The molecule has 2 aliphatic rings. The van der Waals surface area contributed by atoms with Gasteiger partial charge in [0.15, 0.2) is 0 Å². The highest BCUT2D eigenvalue weighted by atomic mass is 16.5. The van der Waals surface area contributed by atoms with Gasteiger partial charge in [0.1, 0.15) is 22.7 Å². The number of benzene rings is 9. The van der Waals surface area contributed by atoms with Gasteiger partial charge in [-0.05, 0) is 117 Å². The minimum atomic E-state index is -0.516. The molecule has 9 aromatic carbocycles. The lowest BCUT2D eigenvalue weighted by Crippen LogP contribution is -2.32. The van der Waals surface area contributed by atoms with Gasteiger partial charge in [-0.3, -0.25) is 0 Å². The molecule has 3 nitrogen and oxygen atoms in total. The van der Waals surface area contributed by atoms with Gasteiger partial charge < -0.3 is 14.1 Å². The van der Waals surface area contributed by atoms with Crippen LogP contribution in [-0.4, -0.2) is 0 Å². The number of fused-ring (bicyclic) bond motifs is 12. The Labute approximate surface area is 336 Å². The predicted molar refractivity (Wildman–Crippen MR) is 237 cm³/mol. The Bertz CT molecular complexity index is 3170. The Hall–Kier alpha value is -7.62. The first kappa shape index (κ1) is 32.6. The quantitative estimate of drug-likeness (QED) is 0.176. The molecule has 0 amide bonds. The van der Waals surface area contributed by atoms with E-state index in [0.29, 0.717) is 0 Å². The molecule has 58 heavy (non-hydrogen) atoms. The first-order chi connectivity index (χ1) is 28.7. The number of nitrogens with zero attached hydrogens (tertiary/aromatic N) is 1. The molecule has 0 bridgehead atoms. The summed E-state index contributed by atoms with van der Waals surface area (Å²) < 4.78 is 12.7. The summed E-state index contributed by atoms with van der Waals surface area (Å²) in [6, 6.07) is 76.2. The fourth-order valence-corrected chi connectivity index (χ4v) is 9.59. The Kier molecular flexibility index (Phi) is 7.14. The molecule has 0 atom stereocenters. The van der Waals surface area contributed by atoms with Crippen LogP contribution in [0.1, 0.15) is 22.3 Å². The Morgan fingerprint density at radius 2 is 0.897 bits per heavy atom. The third-order valence-electron chi connectivity index (χ3n) is 12.1. The highest BCUT2D eigenvalue weighted by molar-refractivity contribution is 6.06. The molecule has 1 spiro atoms. The molecule has 0 N–H and O–H groups in total. The summed E-state index contributed by atoms with van der Waals surface area (Å²) in [5.41, 5.74) is 16.6. The largest absolute Gasteiger partial charge is 0.457 e. The minimum absolute atomic E-state index is 0.516. The number of furan rings is 1. The molecule has 0 unspecified atom stereocenters. The second-order valence-corrected chi connectivity index (χ2v) is 15.2. The lowest BCUT2D eigenvalue weighted by atomic mass is 9.66. The van der Waals surface area contributed by atoms with Crippen molar-refractivity contribution < 1.29 is 9.15 Å². The van der Waals surface area contributed by atoms with Crippen LogP contribution in [0, 0.1) is 0 Å². The molecule has 0 saturated heterocycles. The zero-order chi connectivity index (χ0) is 38.2. The van der Waals surface area contributed by atoms with Gasteiger partial charge in [-0.1, -0.05) is 140 Å². The molecular weight excluding hydrogens is 707 g/mol. The van der Waals surface area contributed by atoms with Gasteiger partial charge >= 0.3 is 0 Å². The lowest BCUT2D eigenvalue weighted by Gasteiger charge is -2.39. The number of hydrogen-bond acceptors (Lipinski definition) is 3. The second kappa shape index (κ2) is 12.7. The van der Waals surface area contributed by atoms with Crippen LogP contribution in [0.3, 0.4) is 0 Å². The van der Waals surface area contributed by atoms with Crippen LogP contribution in [0.25, 0.3) is 55.3 Å². The molecule has 12 rings (SSSR count). The van der Waals surface area contributed by atoms with E-state index in [4.69, 9.17) is 9.15 Å². The zero-order valence-electron chi connectivity index (χ0n) is 31.5. The molecular formula is C55H35NO2. The van der Waals surface area contributed by atoms with Crippen LogP contribution < -0.4 is 9.64 Å². The molecule has 0 radical (unpaired) electrons. The fraction of sp³-hybridized carbons (Fsp3) is 0.0182. The van der Waals surface area contributed by atoms with E-state index in [1.165, 1.54) is 38.9 Å². The van der Waals surface area contributed by atoms with E-state index in [-0.39, 0.29) is 0 Å². The summed E-state index contributed by atoms with van der Waals surface area (Å²) in [4.78, 5) is 2.34. The Morgan fingerprint density at radius 3 is 1.71 bits per heavy atom. The number of rotatable bonds is 5. The topological polar surface area (TPSA) is 25.6 Å². The molecule has 1 aliphatic heterocycles. The zero-order valence-corrected chi connectivity index (χ0v) is 31.5. The van der Waals surface area contributed by atoms with Crippen molar-refractivity contribution in [1.29, 1.82) is 0 Å². The van der Waals surface area contributed by atoms with E-state index < -0.39 is 5.41 Å². The van der Waals surface area contributed by atoms with Crippen molar-refractivity contribution >= 4 is 39.0 Å². The average molecular weight is 742 g/mol. The maximum absolute atomic E-state index is 6.59. The molecule has 1 aromatic heterocycles. The standard InChI is InChI=1S/C55H35NO2/c1-2-14-40(15-3-1)56(41-29-25-36(26-30-41)38-28-32-52-46(34-38)45-18-5-9-22-51(45)57-52)42-16-12-13-37(33-42)39-27-31-44-43-17-4-6-19-47(43)55(50(44)35-39)48-20-7-10-23-53(48)58-54-24-11-8-21-49(54)55/h1-35H. The lowest BCUT2D eigenvalue weighted by molar-refractivity contribution is 0.436. The monoisotopic (exact) mass is 741 g/mol. The van der Waals surface area contributed by atoms with Gasteiger partial charge in [-0.25, -0.2) is 0 Å². The minimum Gasteiger partial charge on any atom is -0.457 e. The van der Waals surface area contributed by atoms with Crippen molar-refractivity contribution in [3.8, 4) is 44.9 Å². The van der Waals surface area contributed by atoms with Crippen LogP contribution in [0.4, 0.5) is 17.1 Å². The van der Waals surface area contributed by atoms with Crippen molar-refractivity contribution in [2.75, 3.05) is 4.90 Å². The molecule has 1 aliphatic carbocycles. The summed E-state index contributed by atoms with van der Waals surface area (Å²) in [7, 11) is 0. The van der Waals surface area contributed by atoms with Crippen LogP contribution in [0.5, 0.6) is 11.5 Å². The van der Waals surface area contributed by atoms with Crippen LogP contribution in [0.15, 0.2) is 217 Å². The normalized spacial score (nSPS) is 13.1. The number of para-hydroxylation sites is 4. The summed E-state index contributed by atoms with van der Waals surface area (Å²) >= 11 is 0. The van der Waals surface area contributed by atoms with Crippen molar-refractivity contribution in [1.82, 2.24) is 0 Å². The first-order valence-corrected chi connectivity index (χ1v) is 19.8. The van der Waals surface area contributed by atoms with E-state index in [1.54, 1.807) is 0 Å². The molecule has 0 saturated carbocycles. The van der Waals surface area contributed by atoms with Gasteiger partial charge in [-0.2, -0.15) is 0 Å². The van der Waals surface area contributed by atoms with Gasteiger partial charge in [0, 0.05) is 39.0 Å². The van der Waals surface area contributed by atoms with Crippen molar-refractivity contribution in [2.45, 2.75) is 5.41 Å². The van der Waals surface area contributed by atoms with Crippen LogP contribution in [-0.2, 0) is 5.41 Å². The van der Waals surface area contributed by atoms with Gasteiger partial charge in [-0.15, -0.1) is 0 Å². The van der Waals surface area contributed by atoms with E-state index in [9.17, 15) is 0 Å². The highest BCUT2D eigenvalue weighted by Gasteiger charge is 2.51. The third-order valence-corrected chi connectivity index (χ3v) is 12.1. The number of anilines is 3. The number of hydrogen-bond donors (Lipinski definition) is 0. The first-order valence-electron chi connectivity index (χ1n) is 19.8. The van der Waals surface area contributed by atoms with Crippen molar-refractivity contribution in [2.24, 2.45) is 0 Å². The van der Waals surface area contributed by atoms with Gasteiger partial charge in [0.2, 0.25) is 0 Å². The van der Waals surface area contributed by atoms with E-state index in [0.717, 1.165) is 67.2 Å². The molecule has 10 aromatic rings. The van der Waals surface area contributed by atoms with Crippen LogP contribution in [0.2, 0.25) is 0 Å². The summed E-state index contributed by atoms with van der Waals surface area (Å²) in [6.45, 7) is 0. The van der Waals surface area contributed by atoms with Gasteiger partial charge in [0.05, 0.1) is 5.41 Å². The van der Waals surface area contributed by atoms with Crippen molar-refractivity contribution in [3.63, 3.8) is 0 Å².